The Morgan fingerprint density at radius 2 is 2.00 bits per heavy atom. The van der Waals surface area contributed by atoms with Gasteiger partial charge in [0.15, 0.2) is 17.5 Å². The zero-order valence-electron chi connectivity index (χ0n) is 15.6. The third-order valence-corrected chi connectivity index (χ3v) is 5.88. The van der Waals surface area contributed by atoms with E-state index in [-0.39, 0.29) is 5.75 Å². The van der Waals surface area contributed by atoms with Gasteiger partial charge in [0.25, 0.3) is 0 Å². The molecule has 0 radical (unpaired) electrons. The van der Waals surface area contributed by atoms with Crippen molar-refractivity contribution in [3.8, 4) is 11.5 Å². The Kier molecular flexibility index (Phi) is 7.52. The van der Waals surface area contributed by atoms with Gasteiger partial charge in [0, 0.05) is 45.4 Å². The van der Waals surface area contributed by atoms with E-state index in [4.69, 9.17) is 9.47 Å². The van der Waals surface area contributed by atoms with Gasteiger partial charge < -0.3 is 20.1 Å². The summed E-state index contributed by atoms with van der Waals surface area (Å²) in [5, 5.41) is 6.38. The summed E-state index contributed by atoms with van der Waals surface area (Å²) in [5.74, 6) is 2.19. The predicted molar refractivity (Wildman–Crippen MR) is 104 cm³/mol. The van der Waals surface area contributed by atoms with Crippen molar-refractivity contribution in [2.45, 2.75) is 19.8 Å². The third-order valence-electron chi connectivity index (χ3n) is 4.02. The van der Waals surface area contributed by atoms with Crippen molar-refractivity contribution >= 4 is 21.7 Å². The predicted octanol–water partition coefficient (Wildman–Crippen LogP) is 1.51. The fourth-order valence-electron chi connectivity index (χ4n) is 2.42. The number of ether oxygens (including phenoxy) is 2. The van der Waals surface area contributed by atoms with Crippen LogP contribution in [0.3, 0.4) is 0 Å². The molecule has 0 aliphatic carbocycles. The van der Waals surface area contributed by atoms with E-state index in [1.807, 2.05) is 18.2 Å². The molecule has 0 saturated carbocycles. The van der Waals surface area contributed by atoms with Crippen molar-refractivity contribution in [2.75, 3.05) is 51.5 Å². The molecule has 8 nitrogen and oxygen atoms in total. The Bertz CT molecular complexity index is 721. The minimum atomic E-state index is -3.13. The Hall–Kier alpha value is -2.00. The van der Waals surface area contributed by atoms with Crippen molar-refractivity contribution in [1.29, 1.82) is 0 Å². The molecule has 0 atom stereocenters. The first-order chi connectivity index (χ1) is 12.5. The van der Waals surface area contributed by atoms with Crippen LogP contribution in [-0.2, 0) is 10.0 Å². The highest BCUT2D eigenvalue weighted by Gasteiger charge is 2.14. The molecule has 1 aliphatic rings. The summed E-state index contributed by atoms with van der Waals surface area (Å²) < 4.78 is 36.1. The van der Waals surface area contributed by atoms with Crippen LogP contribution in [0, 0.1) is 0 Å². The number of anilines is 1. The van der Waals surface area contributed by atoms with Gasteiger partial charge in [0.05, 0.1) is 19.0 Å². The first-order valence-electron chi connectivity index (χ1n) is 8.77. The SMILES string of the molecule is CCS(=O)(=O)N(C)CCCNC(=NC)Nc1ccc2c(c1)OCCCO2. The summed E-state index contributed by atoms with van der Waals surface area (Å²) in [6.45, 7) is 4.01. The largest absolute Gasteiger partial charge is 0.490 e. The summed E-state index contributed by atoms with van der Waals surface area (Å²) in [6.07, 6.45) is 1.54. The third kappa shape index (κ3) is 5.77. The lowest BCUT2D eigenvalue weighted by atomic mass is 10.2. The molecule has 0 amide bonds. The van der Waals surface area contributed by atoms with E-state index < -0.39 is 10.0 Å². The standard InChI is InChI=1S/C17H28N4O4S/c1-4-26(22,23)21(3)10-5-9-19-17(18-2)20-14-7-8-15-16(13-14)25-12-6-11-24-15/h7-8,13H,4-6,9-12H2,1-3H3,(H2,18,19,20). The number of hydrogen-bond acceptors (Lipinski definition) is 5. The number of guanidine groups is 1. The zero-order valence-corrected chi connectivity index (χ0v) is 16.4. The molecule has 0 bridgehead atoms. The molecular formula is C17H28N4O4S. The Labute approximate surface area is 155 Å². The summed E-state index contributed by atoms with van der Waals surface area (Å²) in [6, 6.07) is 5.66. The zero-order chi connectivity index (χ0) is 19.0. The summed E-state index contributed by atoms with van der Waals surface area (Å²) in [7, 11) is 0.157. The molecular weight excluding hydrogens is 356 g/mol. The van der Waals surface area contributed by atoms with Gasteiger partial charge in [-0.25, -0.2) is 12.7 Å². The monoisotopic (exact) mass is 384 g/mol. The first kappa shape index (κ1) is 20.3. The van der Waals surface area contributed by atoms with Gasteiger partial charge in [-0.05, 0) is 25.5 Å². The number of fused-ring (bicyclic) bond motifs is 1. The summed E-state index contributed by atoms with van der Waals surface area (Å²) >= 11 is 0. The van der Waals surface area contributed by atoms with Gasteiger partial charge in [-0.1, -0.05) is 0 Å². The smallest absolute Gasteiger partial charge is 0.213 e. The van der Waals surface area contributed by atoms with Gasteiger partial charge in [0.2, 0.25) is 10.0 Å². The van der Waals surface area contributed by atoms with E-state index in [0.29, 0.717) is 44.4 Å². The molecule has 9 heteroatoms. The van der Waals surface area contributed by atoms with Crippen LogP contribution in [0.1, 0.15) is 19.8 Å². The highest BCUT2D eigenvalue weighted by atomic mass is 32.2. The number of sulfonamides is 1. The van der Waals surface area contributed by atoms with E-state index in [1.165, 1.54) is 4.31 Å². The van der Waals surface area contributed by atoms with Gasteiger partial charge in [0.1, 0.15) is 0 Å². The fourth-order valence-corrected chi connectivity index (χ4v) is 3.27. The first-order valence-corrected chi connectivity index (χ1v) is 10.4. The molecule has 0 fully saturated rings. The van der Waals surface area contributed by atoms with Crippen LogP contribution in [0.15, 0.2) is 23.2 Å². The number of nitrogens with zero attached hydrogens (tertiary/aromatic N) is 2. The van der Waals surface area contributed by atoms with E-state index in [9.17, 15) is 8.42 Å². The maximum Gasteiger partial charge on any atom is 0.213 e. The second-order valence-electron chi connectivity index (χ2n) is 5.91. The average Bonchev–Trinajstić information content (AvgIpc) is 2.88. The quantitative estimate of drug-likeness (QED) is 0.421. The number of aliphatic imine (C=N–C) groups is 1. The van der Waals surface area contributed by atoms with Crippen LogP contribution in [0.5, 0.6) is 11.5 Å². The molecule has 1 aromatic carbocycles. The molecule has 0 unspecified atom stereocenters. The number of nitrogens with one attached hydrogen (secondary N) is 2. The van der Waals surface area contributed by atoms with Crippen LogP contribution >= 0.6 is 0 Å². The second-order valence-corrected chi connectivity index (χ2v) is 8.28. The highest BCUT2D eigenvalue weighted by Crippen LogP contribution is 2.32. The lowest BCUT2D eigenvalue weighted by molar-refractivity contribution is 0.297. The lowest BCUT2D eigenvalue weighted by Crippen LogP contribution is -2.34. The van der Waals surface area contributed by atoms with Crippen molar-refractivity contribution < 1.29 is 17.9 Å². The van der Waals surface area contributed by atoms with E-state index in [2.05, 4.69) is 15.6 Å². The molecule has 1 heterocycles. The summed E-state index contributed by atoms with van der Waals surface area (Å²) in [4.78, 5) is 4.19. The average molecular weight is 385 g/mol. The topological polar surface area (TPSA) is 92.3 Å². The number of hydrogen-bond donors (Lipinski definition) is 2. The molecule has 2 N–H and O–H groups in total. The van der Waals surface area contributed by atoms with Crippen molar-refractivity contribution in [3.63, 3.8) is 0 Å². The van der Waals surface area contributed by atoms with Crippen molar-refractivity contribution in [2.24, 2.45) is 4.99 Å². The molecule has 0 saturated heterocycles. The molecule has 26 heavy (non-hydrogen) atoms. The molecule has 146 valence electrons. The van der Waals surface area contributed by atoms with Gasteiger partial charge >= 0.3 is 0 Å². The lowest BCUT2D eigenvalue weighted by Gasteiger charge is -2.17. The van der Waals surface area contributed by atoms with Crippen molar-refractivity contribution in [3.05, 3.63) is 18.2 Å². The molecule has 1 aliphatic heterocycles. The second kappa shape index (κ2) is 9.63. The van der Waals surface area contributed by atoms with E-state index in [0.717, 1.165) is 17.9 Å². The Morgan fingerprint density at radius 1 is 1.27 bits per heavy atom. The Balaban J connectivity index is 1.83. The van der Waals surface area contributed by atoms with Crippen molar-refractivity contribution in [1.82, 2.24) is 9.62 Å². The minimum absolute atomic E-state index is 0.115. The summed E-state index contributed by atoms with van der Waals surface area (Å²) in [5.41, 5.74) is 0.841. The molecule has 2 rings (SSSR count). The van der Waals surface area contributed by atoms with Crippen LogP contribution in [0.2, 0.25) is 0 Å². The normalized spacial score (nSPS) is 14.8. The fraction of sp³-hybridized carbons (Fsp3) is 0.588. The van der Waals surface area contributed by atoms with E-state index in [1.54, 1.807) is 21.0 Å². The van der Waals surface area contributed by atoms with Gasteiger partial charge in [-0.2, -0.15) is 0 Å². The molecule has 0 aromatic heterocycles. The maximum atomic E-state index is 11.7. The van der Waals surface area contributed by atoms with Gasteiger partial charge in [-0.15, -0.1) is 0 Å². The van der Waals surface area contributed by atoms with Crippen LogP contribution in [0.4, 0.5) is 5.69 Å². The van der Waals surface area contributed by atoms with Gasteiger partial charge in [-0.3, -0.25) is 4.99 Å². The maximum absolute atomic E-state index is 11.7. The minimum Gasteiger partial charge on any atom is -0.490 e. The Morgan fingerprint density at radius 3 is 2.69 bits per heavy atom. The number of rotatable bonds is 7. The van der Waals surface area contributed by atoms with Crippen LogP contribution < -0.4 is 20.1 Å². The van der Waals surface area contributed by atoms with E-state index >= 15 is 0 Å². The van der Waals surface area contributed by atoms with Crippen LogP contribution in [-0.4, -0.2) is 64.8 Å². The molecule has 0 spiro atoms. The van der Waals surface area contributed by atoms with Crippen LogP contribution in [0.25, 0.3) is 0 Å². The molecule has 1 aromatic rings. The number of benzene rings is 1. The highest BCUT2D eigenvalue weighted by molar-refractivity contribution is 7.89.